The van der Waals surface area contributed by atoms with Crippen molar-refractivity contribution in [2.24, 2.45) is 0 Å². The van der Waals surface area contributed by atoms with Gasteiger partial charge in [-0.1, -0.05) is 49.4 Å². The van der Waals surface area contributed by atoms with Crippen LogP contribution in [0, 0.1) is 0 Å². The summed E-state index contributed by atoms with van der Waals surface area (Å²) in [6, 6.07) is 19.2. The topological polar surface area (TPSA) is 21.3 Å². The highest BCUT2D eigenvalue weighted by Gasteiger charge is 2.30. The van der Waals surface area contributed by atoms with Crippen molar-refractivity contribution >= 4 is 0 Å². The summed E-state index contributed by atoms with van der Waals surface area (Å²) in [4.78, 5) is 0. The zero-order valence-electron chi connectivity index (χ0n) is 12.6. The summed E-state index contributed by atoms with van der Waals surface area (Å²) in [7, 11) is 0. The molecule has 2 nitrogen and oxygen atoms in total. The maximum atomic E-state index is 6.26. The molecule has 2 aromatic carbocycles. The minimum absolute atomic E-state index is 0.203. The highest BCUT2D eigenvalue weighted by atomic mass is 16.5. The van der Waals surface area contributed by atoms with Crippen LogP contribution in [0.1, 0.15) is 36.9 Å². The molecule has 1 N–H and O–H groups in total. The third-order valence-electron chi connectivity index (χ3n) is 4.11. The van der Waals surface area contributed by atoms with Crippen molar-refractivity contribution in [2.45, 2.75) is 38.3 Å². The van der Waals surface area contributed by atoms with Crippen molar-refractivity contribution in [2.75, 3.05) is 6.54 Å². The first kappa shape index (κ1) is 14.2. The van der Waals surface area contributed by atoms with E-state index in [-0.39, 0.29) is 12.1 Å². The molecule has 110 valence electrons. The first-order chi connectivity index (χ1) is 10.4. The molecule has 0 fully saturated rings. The lowest BCUT2D eigenvalue weighted by molar-refractivity contribution is 0.135. The summed E-state index contributed by atoms with van der Waals surface area (Å²) in [5.41, 5.74) is 2.86. The van der Waals surface area contributed by atoms with Gasteiger partial charge in [0.2, 0.25) is 0 Å². The molecule has 0 saturated carbocycles. The monoisotopic (exact) mass is 281 g/mol. The van der Waals surface area contributed by atoms with Gasteiger partial charge in [0.1, 0.15) is 11.9 Å². The summed E-state index contributed by atoms with van der Waals surface area (Å²) in [6.07, 6.45) is 3.50. The Kier molecular flexibility index (Phi) is 4.56. The van der Waals surface area contributed by atoms with E-state index in [9.17, 15) is 0 Å². The molecule has 2 heteroatoms. The summed E-state index contributed by atoms with van der Waals surface area (Å²) in [5, 5.41) is 3.67. The molecule has 0 aromatic heterocycles. The number of ether oxygens (including phenoxy) is 1. The predicted octanol–water partition coefficient (Wildman–Crippen LogP) is 4.12. The minimum Gasteiger partial charge on any atom is -0.488 e. The molecular weight excluding hydrogens is 258 g/mol. The van der Waals surface area contributed by atoms with Crippen LogP contribution in [0.15, 0.2) is 54.6 Å². The van der Waals surface area contributed by atoms with Crippen molar-refractivity contribution in [3.63, 3.8) is 0 Å². The summed E-state index contributed by atoms with van der Waals surface area (Å²) >= 11 is 0. The fourth-order valence-corrected chi connectivity index (χ4v) is 3.07. The SMILES string of the molecule is CCCNC1c2ccccc2CCC1Oc1ccccc1. The fraction of sp³-hybridized carbons (Fsp3) is 0.368. The molecule has 2 aromatic rings. The fourth-order valence-electron chi connectivity index (χ4n) is 3.07. The summed E-state index contributed by atoms with van der Waals surface area (Å²) < 4.78 is 6.26. The van der Waals surface area contributed by atoms with Gasteiger partial charge in [-0.05, 0) is 49.1 Å². The smallest absolute Gasteiger partial charge is 0.119 e. The third kappa shape index (κ3) is 3.27. The van der Waals surface area contributed by atoms with E-state index in [1.807, 2.05) is 30.3 Å². The van der Waals surface area contributed by atoms with Gasteiger partial charge in [-0.3, -0.25) is 0 Å². The molecule has 0 spiro atoms. The number of para-hydroxylation sites is 1. The number of aryl methyl sites for hydroxylation is 1. The van der Waals surface area contributed by atoms with E-state index in [0.717, 1.165) is 31.6 Å². The Balaban J connectivity index is 1.82. The molecule has 0 bridgehead atoms. The second-order valence-corrected chi connectivity index (χ2v) is 5.64. The van der Waals surface area contributed by atoms with Crippen LogP contribution < -0.4 is 10.1 Å². The van der Waals surface area contributed by atoms with Gasteiger partial charge in [-0.25, -0.2) is 0 Å². The van der Waals surface area contributed by atoms with E-state index in [4.69, 9.17) is 4.74 Å². The molecule has 1 aliphatic rings. The van der Waals surface area contributed by atoms with Crippen LogP contribution in [0.4, 0.5) is 0 Å². The van der Waals surface area contributed by atoms with Gasteiger partial charge in [0.15, 0.2) is 0 Å². The Morgan fingerprint density at radius 2 is 1.81 bits per heavy atom. The van der Waals surface area contributed by atoms with Crippen molar-refractivity contribution in [3.8, 4) is 5.75 Å². The molecule has 0 aliphatic heterocycles. The standard InChI is InChI=1S/C19H23NO/c1-2-14-20-19-17-11-7-6-8-15(17)12-13-18(19)21-16-9-4-3-5-10-16/h3-11,18-20H,2,12-14H2,1H3. The maximum Gasteiger partial charge on any atom is 0.119 e. The highest BCUT2D eigenvalue weighted by Crippen LogP contribution is 2.32. The van der Waals surface area contributed by atoms with Crippen LogP contribution >= 0.6 is 0 Å². The lowest BCUT2D eigenvalue weighted by atomic mass is 9.85. The van der Waals surface area contributed by atoms with Crippen molar-refractivity contribution < 1.29 is 4.74 Å². The van der Waals surface area contributed by atoms with Gasteiger partial charge in [0.25, 0.3) is 0 Å². The van der Waals surface area contributed by atoms with E-state index in [1.54, 1.807) is 0 Å². The number of benzene rings is 2. The Morgan fingerprint density at radius 1 is 1.05 bits per heavy atom. The number of hydrogen-bond acceptors (Lipinski definition) is 2. The van der Waals surface area contributed by atoms with E-state index >= 15 is 0 Å². The average molecular weight is 281 g/mol. The van der Waals surface area contributed by atoms with Crippen LogP contribution in [0.5, 0.6) is 5.75 Å². The molecule has 2 atom stereocenters. The minimum atomic E-state index is 0.203. The van der Waals surface area contributed by atoms with Crippen LogP contribution in [-0.4, -0.2) is 12.6 Å². The van der Waals surface area contributed by atoms with Crippen LogP contribution in [0.3, 0.4) is 0 Å². The molecule has 2 unspecified atom stereocenters. The summed E-state index contributed by atoms with van der Waals surface area (Å²) in [5.74, 6) is 0.963. The Labute approximate surface area is 127 Å². The Hall–Kier alpha value is -1.80. The van der Waals surface area contributed by atoms with Gasteiger partial charge < -0.3 is 10.1 Å². The molecule has 0 amide bonds. The Morgan fingerprint density at radius 3 is 2.62 bits per heavy atom. The van der Waals surface area contributed by atoms with Crippen LogP contribution in [0.25, 0.3) is 0 Å². The summed E-state index contributed by atoms with van der Waals surface area (Å²) in [6.45, 7) is 3.22. The zero-order chi connectivity index (χ0) is 14.5. The van der Waals surface area contributed by atoms with E-state index in [0.29, 0.717) is 0 Å². The number of nitrogens with one attached hydrogen (secondary N) is 1. The molecule has 1 aliphatic carbocycles. The zero-order valence-corrected chi connectivity index (χ0v) is 12.6. The third-order valence-corrected chi connectivity index (χ3v) is 4.11. The second-order valence-electron chi connectivity index (χ2n) is 5.64. The Bertz CT molecular complexity index is 567. The molecular formula is C19H23NO. The van der Waals surface area contributed by atoms with E-state index in [2.05, 4.69) is 36.5 Å². The van der Waals surface area contributed by atoms with Crippen molar-refractivity contribution in [3.05, 3.63) is 65.7 Å². The number of fused-ring (bicyclic) bond motifs is 1. The quantitative estimate of drug-likeness (QED) is 0.890. The van der Waals surface area contributed by atoms with Gasteiger partial charge in [0.05, 0.1) is 6.04 Å². The second kappa shape index (κ2) is 6.77. The molecule has 3 rings (SSSR count). The number of hydrogen-bond donors (Lipinski definition) is 1. The predicted molar refractivity (Wildman–Crippen MR) is 86.7 cm³/mol. The van der Waals surface area contributed by atoms with E-state index < -0.39 is 0 Å². The molecule has 0 heterocycles. The first-order valence-electron chi connectivity index (χ1n) is 7.91. The number of rotatable bonds is 5. The maximum absolute atomic E-state index is 6.26. The van der Waals surface area contributed by atoms with Crippen LogP contribution in [0.2, 0.25) is 0 Å². The lowest BCUT2D eigenvalue weighted by Gasteiger charge is -2.34. The molecule has 0 radical (unpaired) electrons. The van der Waals surface area contributed by atoms with Crippen LogP contribution in [-0.2, 0) is 6.42 Å². The van der Waals surface area contributed by atoms with Crippen molar-refractivity contribution in [1.29, 1.82) is 0 Å². The van der Waals surface area contributed by atoms with Gasteiger partial charge in [-0.15, -0.1) is 0 Å². The highest BCUT2D eigenvalue weighted by molar-refractivity contribution is 5.34. The largest absolute Gasteiger partial charge is 0.488 e. The van der Waals surface area contributed by atoms with Gasteiger partial charge >= 0.3 is 0 Å². The average Bonchev–Trinajstić information content (AvgIpc) is 2.55. The first-order valence-corrected chi connectivity index (χ1v) is 7.91. The van der Waals surface area contributed by atoms with Gasteiger partial charge in [0, 0.05) is 0 Å². The normalized spacial score (nSPS) is 20.8. The van der Waals surface area contributed by atoms with Crippen molar-refractivity contribution in [1.82, 2.24) is 5.32 Å². The van der Waals surface area contributed by atoms with E-state index in [1.165, 1.54) is 11.1 Å². The molecule has 21 heavy (non-hydrogen) atoms. The molecule has 0 saturated heterocycles. The lowest BCUT2D eigenvalue weighted by Crippen LogP contribution is -2.39. The van der Waals surface area contributed by atoms with Gasteiger partial charge in [-0.2, -0.15) is 0 Å².